The molecule has 9 aliphatic heterocycles. The predicted molar refractivity (Wildman–Crippen MR) is 467 cm³/mol. The number of aromatic nitrogens is 22. The Morgan fingerprint density at radius 1 is 0.394 bits per heavy atom. The van der Waals surface area contributed by atoms with Gasteiger partial charge in [0.1, 0.15) is 115 Å². The number of H-pyrrole nitrogens is 3. The first-order valence-electron chi connectivity index (χ1n) is 38.7. The summed E-state index contributed by atoms with van der Waals surface area (Å²) in [7, 11) is 0. The van der Waals surface area contributed by atoms with Crippen LogP contribution in [0.5, 0.6) is 0 Å². The van der Waals surface area contributed by atoms with Crippen molar-refractivity contribution in [3.05, 3.63) is 99.5 Å². The Morgan fingerprint density at radius 2 is 0.795 bits per heavy atom. The average molecular weight is 2080 g/mol. The molecule has 12 aromatic rings. The van der Waals surface area contributed by atoms with Crippen molar-refractivity contribution in [3.8, 4) is 0 Å². The summed E-state index contributed by atoms with van der Waals surface area (Å²) in [5.41, 5.74) is 33.9. The van der Waals surface area contributed by atoms with Crippen molar-refractivity contribution >= 4 is 214 Å². The highest BCUT2D eigenvalue weighted by atomic mass is 32.7. The molecule has 70 heteroatoms. The van der Waals surface area contributed by atoms with Gasteiger partial charge in [0.05, 0.1) is 86.8 Å². The van der Waals surface area contributed by atoms with Crippen molar-refractivity contribution in [1.82, 2.24) is 108 Å². The Labute approximate surface area is 763 Å². The first-order valence-corrected chi connectivity index (χ1v) is 54.4. The van der Waals surface area contributed by atoms with E-state index in [1.54, 1.807) is 29.0 Å². The monoisotopic (exact) mass is 2070 g/mol. The normalized spacial score (nSPS) is 36.6. The number of nitrogens with zero attached hydrogens (tertiary/aromatic N) is 19. The second-order valence-corrected chi connectivity index (χ2v) is 47.1. The van der Waals surface area contributed by atoms with Gasteiger partial charge in [-0.15, -0.1) is 5.10 Å². The molecule has 9 fully saturated rings. The van der Waals surface area contributed by atoms with Crippen LogP contribution in [0.15, 0.2) is 82.8 Å². The lowest BCUT2D eigenvalue weighted by Gasteiger charge is -2.27. The van der Waals surface area contributed by atoms with E-state index in [-0.39, 0.29) is 113 Å². The zero-order valence-electron chi connectivity index (χ0n) is 66.3. The van der Waals surface area contributed by atoms with E-state index in [2.05, 4.69) is 92.3 Å². The van der Waals surface area contributed by atoms with Crippen LogP contribution in [0.2, 0.25) is 0 Å². The summed E-state index contributed by atoms with van der Waals surface area (Å²) < 4.78 is 173. The van der Waals surface area contributed by atoms with Crippen LogP contribution in [0.3, 0.4) is 0 Å². The van der Waals surface area contributed by atoms with Crippen LogP contribution in [-0.2, 0) is 146 Å². The molecule has 0 radical (unpaired) electrons. The summed E-state index contributed by atoms with van der Waals surface area (Å²) in [5.74, 6) is 0.0605. The molecule has 27 atom stereocenters. The number of nitrogens with two attached hydrogens (primary N) is 6. The molecule has 6 unspecified atom stereocenters. The molecule has 21 heterocycles. The lowest BCUT2D eigenvalue weighted by atomic mass is 10.1. The molecule has 12 aromatic heterocycles. The Kier molecular flexibility index (Phi) is 25.5. The molecule has 0 amide bonds. The van der Waals surface area contributed by atoms with Crippen molar-refractivity contribution in [3.63, 3.8) is 0 Å². The molecule has 0 aromatic carbocycles. The zero-order chi connectivity index (χ0) is 92.9. The molecule has 20 N–H and O–H groups in total. The predicted octanol–water partition coefficient (Wildman–Crippen LogP) is 1.72. The van der Waals surface area contributed by atoms with Gasteiger partial charge in [0.15, 0.2) is 83.1 Å². The number of fused-ring (bicyclic) bond motifs is 15. The van der Waals surface area contributed by atoms with Gasteiger partial charge in [0.2, 0.25) is 17.8 Å². The fourth-order valence-electron chi connectivity index (χ4n) is 16.0. The van der Waals surface area contributed by atoms with Gasteiger partial charge in [-0.3, -0.25) is 61.1 Å². The minimum Gasteiger partial charge on any atom is -0.383 e. The molecule has 0 saturated carbocycles. The molecular formula is C62H71F3N28O27P6S6. The minimum atomic E-state index is -4.34. The van der Waals surface area contributed by atoms with Gasteiger partial charge < -0.3 is 133 Å². The zero-order valence-corrected chi connectivity index (χ0v) is 76.7. The number of alkyl halides is 3. The van der Waals surface area contributed by atoms with Crippen molar-refractivity contribution in [2.45, 2.75) is 148 Å². The Balaban J connectivity index is 0.000000128. The van der Waals surface area contributed by atoms with Gasteiger partial charge >= 0.3 is 40.4 Å². The number of rotatable bonds is 6. The highest BCUT2D eigenvalue weighted by molar-refractivity contribution is 8.44. The third-order valence-electron chi connectivity index (χ3n) is 21.8. The summed E-state index contributed by atoms with van der Waals surface area (Å²) in [6, 6.07) is 4.92. The first kappa shape index (κ1) is 93.4. The first-order chi connectivity index (χ1) is 62.7. The second kappa shape index (κ2) is 36.0. The Morgan fingerprint density at radius 3 is 1.31 bits per heavy atom. The summed E-state index contributed by atoms with van der Waals surface area (Å²) >= 11 is 30.3. The molecule has 9 aliphatic rings. The maximum atomic E-state index is 16.0. The van der Waals surface area contributed by atoms with Gasteiger partial charge in [-0.25, -0.2) is 57.6 Å². The quantitative estimate of drug-likeness (QED) is 0.0832. The van der Waals surface area contributed by atoms with Crippen LogP contribution in [0, 0.1) is 0 Å². The molecule has 6 bridgehead atoms. The number of hydrogen-bond acceptors (Lipinski definition) is 46. The summed E-state index contributed by atoms with van der Waals surface area (Å²) in [4.78, 5) is 144. The van der Waals surface area contributed by atoms with Crippen LogP contribution in [0.4, 0.5) is 48.5 Å². The second-order valence-electron chi connectivity index (χ2n) is 30.3. The van der Waals surface area contributed by atoms with E-state index >= 15 is 13.2 Å². The minimum absolute atomic E-state index is 0.0168. The van der Waals surface area contributed by atoms with E-state index in [4.69, 9.17) is 176 Å². The Hall–Kier alpha value is -7.66. The molecule has 0 aliphatic carbocycles. The van der Waals surface area contributed by atoms with Crippen LogP contribution in [0.25, 0.3) is 66.6 Å². The van der Waals surface area contributed by atoms with Gasteiger partial charge in [0.25, 0.3) is 16.7 Å². The van der Waals surface area contributed by atoms with Crippen LogP contribution in [-0.4, -0.2) is 263 Å². The van der Waals surface area contributed by atoms with Gasteiger partial charge in [0, 0.05) is 37.9 Å². The number of nitrogen functional groups attached to an aromatic ring is 6. The third kappa shape index (κ3) is 18.7. The molecule has 21 rings (SSSR count). The third-order valence-corrected chi connectivity index (χ3v) is 31.3. The summed E-state index contributed by atoms with van der Waals surface area (Å²) in [6.45, 7) is -27.4. The smallest absolute Gasteiger partial charge is 0.383 e. The maximum Gasteiger partial charge on any atom is 0.386 e. The van der Waals surface area contributed by atoms with Gasteiger partial charge in [-0.05, 0) is 77.2 Å². The highest BCUT2D eigenvalue weighted by Crippen LogP contribution is 2.61. The fourth-order valence-corrected chi connectivity index (χ4v) is 24.8. The molecule has 55 nitrogen and oxygen atoms in total. The van der Waals surface area contributed by atoms with Crippen molar-refractivity contribution in [2.24, 2.45) is 0 Å². The number of ether oxygens (including phenoxy) is 6. The summed E-state index contributed by atoms with van der Waals surface area (Å²) in [5, 5.41) is 9.38. The highest BCUT2D eigenvalue weighted by Gasteiger charge is 2.57. The number of imidazole rings is 2. The fraction of sp³-hybridized carbons (Fsp3) is 0.484. The van der Waals surface area contributed by atoms with Gasteiger partial charge in [-0.1, -0.05) is 17.5 Å². The number of hydrogen-bond donors (Lipinski definition) is 15. The lowest BCUT2D eigenvalue weighted by Crippen LogP contribution is -2.34. The molecular weight excluding hydrogens is 2000 g/mol. The van der Waals surface area contributed by atoms with E-state index < -0.39 is 206 Å². The van der Waals surface area contributed by atoms with E-state index in [1.807, 2.05) is 0 Å². The van der Waals surface area contributed by atoms with E-state index in [9.17, 15) is 43.4 Å². The number of thiol groups is 1. The van der Waals surface area contributed by atoms with Gasteiger partial charge in [-0.2, -0.15) is 19.6 Å². The molecule has 0 spiro atoms. The topological polar surface area (TPSA) is 736 Å². The number of anilines is 6. The van der Waals surface area contributed by atoms with Crippen molar-refractivity contribution < 1.29 is 125 Å². The standard InChI is InChI=1S/C21H23F2N9O9P2S2.C21H24FN9O9P2S2.C20H24N10O9P2S2/c22-10-8-3-36-42(34,44)40-13-9(39-19(11(13)23)31-2-1-7-15(24)26-5-27-16(7)31)4-37-43(35,45)41-14(10)20(38-8)32-6-28-12-17(32)29-21(25)30-18(12)33;22-12-14-11(38-20(12)30-2-1-9-15(23)25-6-26-16(9)30)5-36-41(33,43)39-10-3-8(4-35-42(34,44)40-14)37-19(10)31-7-27-13-17(31)28-21(24)29-18(13)32;21-15-9-1-2-29(16(9)24-7-23-15)13-4-10-12(37-13)6-35-41(33,43)39-11-3-8(5-34-40(32,42)38-10)36-19(11)30-17-14(27-28-30)18(31)26-20(22)25-17/h1-2,5-6,8-11,13-14,19-20H,3-4H2,(H,34,44)(H,35,45)(H2,24,26,27)(H3,25,29,30,33);1-2,6-8,10-12,14,19-20H,3-5H2,(H,33,43)(H,34,44)(H2,23,25,26)(H3,24,28,29,32);1-2,7-8,10-13,19H,3-6H2,(H,32,42)(H,33,43)(H2,21,23,24)(H3,22,25,26,31)/t8-,9-,10+,11+,13-,14-,19-,20-,42?,43?;8-,10+,11+,12-,14+,19+,20+,41?,42?;8-,10-,11+,12+,13+,19+,40?,41?/m100/s1. The van der Waals surface area contributed by atoms with E-state index in [0.29, 0.717) is 27.6 Å². The average Bonchev–Trinajstić information content (AvgIpc) is 1.62. The lowest BCUT2D eigenvalue weighted by molar-refractivity contribution is -0.0635. The largest absolute Gasteiger partial charge is 0.386 e. The van der Waals surface area contributed by atoms with Crippen molar-refractivity contribution in [1.29, 1.82) is 0 Å². The molecule has 9 saturated heterocycles. The summed E-state index contributed by atoms with van der Waals surface area (Å²) in [6.07, 6.45) is -15.6. The van der Waals surface area contributed by atoms with Crippen molar-refractivity contribution in [2.75, 3.05) is 74.0 Å². The number of aromatic amines is 3. The van der Waals surface area contributed by atoms with Crippen LogP contribution < -0.4 is 51.1 Å². The molecule has 132 heavy (non-hydrogen) atoms. The number of nitrogens with one attached hydrogen (secondary N) is 3. The maximum absolute atomic E-state index is 16.0. The molecule has 708 valence electrons. The van der Waals surface area contributed by atoms with E-state index in [1.165, 1.54) is 56.1 Å². The van der Waals surface area contributed by atoms with E-state index in [0.717, 1.165) is 10.9 Å². The Bertz CT molecular complexity index is 7020. The number of halogens is 3. The SMILES string of the molecule is Nc1nc2c(ncn2[C@@H]2O[C@@H]3COP(O)(=S)O[C@H]4[C@H](F)[C@H](n5ccc6c(N)ncnc65)O[C@@H]4COP(=O)(S)O[C@@H]2C3)c(=O)[nH]1.Nc1nc2c(ncn2[C@@H]2O[C@@H]3COP(O)(=S)O[C@H]4[C@H](F)[C@H](n5ccc6c(N)ncnc65)O[C@@H]4COP(O)(=S)O[C@@H]2[C@H]3F)c(=O)[nH]1.Nc1nc2c(nnn2[C@@H]2O[C@@H]3COP(O)(=S)O[C@H]4C[C@H](n5ccc6c(N)ncnc65)O[C@@H]4COP(O)(=S)O[C@@H]2C3)c(=O)[nH]1. The van der Waals surface area contributed by atoms with Crippen LogP contribution >= 0.6 is 52.6 Å². The van der Waals surface area contributed by atoms with Crippen LogP contribution in [0.1, 0.15) is 56.6 Å².